The van der Waals surface area contributed by atoms with Crippen LogP contribution >= 0.6 is 0 Å². The Morgan fingerprint density at radius 3 is 2.26 bits per heavy atom. The summed E-state index contributed by atoms with van der Waals surface area (Å²) >= 11 is 0. The third-order valence-electron chi connectivity index (χ3n) is 3.84. The van der Waals surface area contributed by atoms with Crippen molar-refractivity contribution in [2.75, 3.05) is 6.54 Å². The molecule has 0 unspecified atom stereocenters. The second kappa shape index (κ2) is 5.61. The molecule has 0 heterocycles. The van der Waals surface area contributed by atoms with Gasteiger partial charge in [0, 0.05) is 6.54 Å². The zero-order valence-electron chi connectivity index (χ0n) is 11.2. The maximum Gasteiger partial charge on any atom is 0.215 e. The lowest BCUT2D eigenvalue weighted by atomic mass is 9.71. The second-order valence-electron chi connectivity index (χ2n) is 5.72. The molecule has 4 nitrogen and oxygen atoms in total. The van der Waals surface area contributed by atoms with Crippen molar-refractivity contribution in [3.8, 4) is 0 Å². The minimum atomic E-state index is -3.28. The minimum Gasteiger partial charge on any atom is -0.392 e. The van der Waals surface area contributed by atoms with Gasteiger partial charge in [0.2, 0.25) is 10.0 Å². The highest BCUT2D eigenvalue weighted by molar-refractivity contribution is 7.88. The molecule has 1 saturated carbocycles. The molecule has 1 fully saturated rings. The molecule has 0 bridgehead atoms. The molecule has 19 heavy (non-hydrogen) atoms. The summed E-state index contributed by atoms with van der Waals surface area (Å²) in [4.78, 5) is 0. The van der Waals surface area contributed by atoms with Gasteiger partial charge in [0.05, 0.1) is 12.4 Å². The molecule has 2 N–H and O–H groups in total. The van der Waals surface area contributed by atoms with Crippen LogP contribution in [0.1, 0.15) is 37.3 Å². The molecule has 1 aliphatic carbocycles. The highest BCUT2D eigenvalue weighted by Crippen LogP contribution is 2.39. The Kier molecular flexibility index (Phi) is 4.28. The van der Waals surface area contributed by atoms with Gasteiger partial charge in [0.1, 0.15) is 0 Å². The molecule has 0 aromatic heterocycles. The highest BCUT2D eigenvalue weighted by atomic mass is 32.2. The van der Waals surface area contributed by atoms with Crippen molar-refractivity contribution in [2.45, 2.75) is 38.5 Å². The van der Waals surface area contributed by atoms with Crippen LogP contribution in [0.25, 0.3) is 0 Å². The van der Waals surface area contributed by atoms with Gasteiger partial charge in [-0.1, -0.05) is 37.6 Å². The molecule has 1 aliphatic rings. The fourth-order valence-electron chi connectivity index (χ4n) is 2.25. The van der Waals surface area contributed by atoms with Crippen LogP contribution < -0.4 is 4.72 Å². The Morgan fingerprint density at radius 1 is 1.21 bits per heavy atom. The molecule has 1 aromatic rings. The summed E-state index contributed by atoms with van der Waals surface area (Å²) in [5.74, 6) is -0.00517. The van der Waals surface area contributed by atoms with Crippen LogP contribution in [-0.4, -0.2) is 20.1 Å². The van der Waals surface area contributed by atoms with Gasteiger partial charge in [0.15, 0.2) is 0 Å². The van der Waals surface area contributed by atoms with E-state index in [4.69, 9.17) is 5.11 Å². The van der Waals surface area contributed by atoms with Gasteiger partial charge in [0.25, 0.3) is 0 Å². The van der Waals surface area contributed by atoms with Gasteiger partial charge >= 0.3 is 0 Å². The zero-order chi connectivity index (χ0) is 13.9. The number of rotatable bonds is 6. The summed E-state index contributed by atoms with van der Waals surface area (Å²) in [6, 6.07) is 6.99. The Labute approximate surface area is 114 Å². The standard InChI is InChI=1S/C14H21NO3S/c1-14(7-2-8-14)11-15-19(17,18)10-13-5-3-12(9-16)4-6-13/h3-6,15-16H,2,7-11H2,1H3. The van der Waals surface area contributed by atoms with E-state index in [1.54, 1.807) is 24.3 Å². The number of hydrogen-bond acceptors (Lipinski definition) is 3. The van der Waals surface area contributed by atoms with Crippen molar-refractivity contribution in [1.82, 2.24) is 4.72 Å². The predicted molar refractivity (Wildman–Crippen MR) is 74.9 cm³/mol. The second-order valence-corrected chi connectivity index (χ2v) is 7.53. The van der Waals surface area contributed by atoms with Gasteiger partial charge < -0.3 is 5.11 Å². The van der Waals surface area contributed by atoms with E-state index >= 15 is 0 Å². The van der Waals surface area contributed by atoms with Gasteiger partial charge in [-0.2, -0.15) is 0 Å². The predicted octanol–water partition coefficient (Wildman–Crippen LogP) is 1.79. The highest BCUT2D eigenvalue weighted by Gasteiger charge is 2.32. The topological polar surface area (TPSA) is 66.4 Å². The first-order chi connectivity index (χ1) is 8.92. The van der Waals surface area contributed by atoms with Crippen molar-refractivity contribution < 1.29 is 13.5 Å². The SMILES string of the molecule is CC1(CNS(=O)(=O)Cc2ccc(CO)cc2)CCC1. The summed E-state index contributed by atoms with van der Waals surface area (Å²) in [6.07, 6.45) is 3.39. The van der Waals surface area contributed by atoms with E-state index in [1.165, 1.54) is 6.42 Å². The van der Waals surface area contributed by atoms with E-state index in [-0.39, 0.29) is 17.8 Å². The van der Waals surface area contributed by atoms with Crippen molar-refractivity contribution in [1.29, 1.82) is 0 Å². The molecule has 0 aliphatic heterocycles. The molecular formula is C14H21NO3S. The molecule has 0 atom stereocenters. The molecule has 0 amide bonds. The largest absolute Gasteiger partial charge is 0.392 e. The average Bonchev–Trinajstić information content (AvgIpc) is 2.35. The lowest BCUT2D eigenvalue weighted by Gasteiger charge is -2.38. The number of sulfonamides is 1. The molecule has 2 rings (SSSR count). The fourth-order valence-corrected chi connectivity index (χ4v) is 3.55. The lowest BCUT2D eigenvalue weighted by Crippen LogP contribution is -2.40. The number of benzene rings is 1. The Hall–Kier alpha value is -0.910. The van der Waals surface area contributed by atoms with Crippen LogP contribution in [0.15, 0.2) is 24.3 Å². The van der Waals surface area contributed by atoms with Crippen LogP contribution in [0.5, 0.6) is 0 Å². The first kappa shape index (κ1) is 14.5. The Balaban J connectivity index is 1.92. The molecule has 0 saturated heterocycles. The lowest BCUT2D eigenvalue weighted by molar-refractivity contribution is 0.166. The number of nitrogens with one attached hydrogen (secondary N) is 1. The maximum absolute atomic E-state index is 12.0. The maximum atomic E-state index is 12.0. The molecule has 1 aromatic carbocycles. The van der Waals surface area contributed by atoms with E-state index in [9.17, 15) is 8.42 Å². The van der Waals surface area contributed by atoms with Crippen LogP contribution in [0.4, 0.5) is 0 Å². The zero-order valence-corrected chi connectivity index (χ0v) is 12.0. The Morgan fingerprint density at radius 2 is 1.79 bits per heavy atom. The van der Waals surface area contributed by atoms with Crippen LogP contribution in [0.2, 0.25) is 0 Å². The number of hydrogen-bond donors (Lipinski definition) is 2. The van der Waals surface area contributed by atoms with Gasteiger partial charge in [-0.15, -0.1) is 0 Å². The summed E-state index contributed by atoms with van der Waals surface area (Å²) in [5.41, 5.74) is 1.67. The molecule has 0 radical (unpaired) electrons. The summed E-state index contributed by atoms with van der Waals surface area (Å²) in [7, 11) is -3.28. The molecule has 0 spiro atoms. The van der Waals surface area contributed by atoms with Gasteiger partial charge in [-0.25, -0.2) is 13.1 Å². The van der Waals surface area contributed by atoms with E-state index in [1.807, 2.05) is 0 Å². The third kappa shape index (κ3) is 4.03. The summed E-state index contributed by atoms with van der Waals surface area (Å²) in [5, 5.41) is 8.94. The van der Waals surface area contributed by atoms with Crippen molar-refractivity contribution in [3.63, 3.8) is 0 Å². The van der Waals surface area contributed by atoms with Crippen molar-refractivity contribution >= 4 is 10.0 Å². The summed E-state index contributed by atoms with van der Waals surface area (Å²) < 4.78 is 26.7. The first-order valence-corrected chi connectivity index (χ1v) is 8.24. The van der Waals surface area contributed by atoms with Gasteiger partial charge in [-0.3, -0.25) is 0 Å². The molecular weight excluding hydrogens is 262 g/mol. The van der Waals surface area contributed by atoms with Crippen molar-refractivity contribution in [2.24, 2.45) is 5.41 Å². The Bertz CT molecular complexity index is 518. The fraction of sp³-hybridized carbons (Fsp3) is 0.571. The third-order valence-corrected chi connectivity index (χ3v) is 5.14. The van der Waals surface area contributed by atoms with Crippen LogP contribution in [0, 0.1) is 5.41 Å². The van der Waals surface area contributed by atoms with E-state index < -0.39 is 10.0 Å². The first-order valence-electron chi connectivity index (χ1n) is 6.59. The van der Waals surface area contributed by atoms with E-state index in [0.717, 1.165) is 24.0 Å². The molecule has 106 valence electrons. The quantitative estimate of drug-likeness (QED) is 0.836. The van der Waals surface area contributed by atoms with Gasteiger partial charge in [-0.05, 0) is 29.4 Å². The van der Waals surface area contributed by atoms with Crippen LogP contribution in [0.3, 0.4) is 0 Å². The summed E-state index contributed by atoms with van der Waals surface area (Å²) in [6.45, 7) is 2.63. The van der Waals surface area contributed by atoms with Crippen LogP contribution in [-0.2, 0) is 22.4 Å². The normalized spacial score (nSPS) is 18.0. The van der Waals surface area contributed by atoms with E-state index in [2.05, 4.69) is 11.6 Å². The monoisotopic (exact) mass is 283 g/mol. The van der Waals surface area contributed by atoms with Crippen molar-refractivity contribution in [3.05, 3.63) is 35.4 Å². The van der Waals surface area contributed by atoms with E-state index in [0.29, 0.717) is 6.54 Å². The average molecular weight is 283 g/mol. The number of aliphatic hydroxyl groups is 1. The molecule has 5 heteroatoms. The smallest absolute Gasteiger partial charge is 0.215 e. The minimum absolute atomic E-state index is 0.00517. The number of aliphatic hydroxyl groups excluding tert-OH is 1.